The Bertz CT molecular complexity index is 866. The van der Waals surface area contributed by atoms with Gasteiger partial charge in [0.2, 0.25) is 5.91 Å². The number of hydrogen-bond donors (Lipinski definition) is 3. The number of thiazole rings is 1. The first-order chi connectivity index (χ1) is 12.1. The number of rotatable bonds is 4. The normalized spacial score (nSPS) is 10.4. The third kappa shape index (κ3) is 5.18. The van der Waals surface area contributed by atoms with Crippen LogP contribution in [0, 0.1) is 0 Å². The predicted molar refractivity (Wildman–Crippen MR) is 105 cm³/mol. The molecule has 0 aliphatic rings. The second kappa shape index (κ2) is 8.32. The van der Waals surface area contributed by atoms with E-state index in [1.165, 1.54) is 23.1 Å². The number of amides is 3. The van der Waals surface area contributed by atoms with Gasteiger partial charge < -0.3 is 5.32 Å². The zero-order valence-corrected chi connectivity index (χ0v) is 16.0. The molecule has 0 saturated carbocycles. The van der Waals surface area contributed by atoms with Crippen LogP contribution in [0.15, 0.2) is 57.3 Å². The summed E-state index contributed by atoms with van der Waals surface area (Å²) in [6.45, 7) is 0. The van der Waals surface area contributed by atoms with E-state index < -0.39 is 6.03 Å². The van der Waals surface area contributed by atoms with Crippen LogP contribution < -0.4 is 16.2 Å². The first kappa shape index (κ1) is 17.7. The molecule has 0 unspecified atom stereocenters. The molecule has 9 heteroatoms. The number of hydrogen-bond acceptors (Lipinski definition) is 5. The molecule has 1 aromatic heterocycles. The van der Waals surface area contributed by atoms with Crippen LogP contribution in [-0.4, -0.2) is 22.7 Å². The molecule has 0 aliphatic carbocycles. The Balaban J connectivity index is 1.43. The monoisotopic (exact) mass is 436 g/mol. The summed E-state index contributed by atoms with van der Waals surface area (Å²) in [5, 5.41) is 2.61. The van der Waals surface area contributed by atoms with E-state index in [0.717, 1.165) is 19.0 Å². The molecule has 3 aromatic rings. The third-order valence-electron chi connectivity index (χ3n) is 3.02. The van der Waals surface area contributed by atoms with Gasteiger partial charge in [0.1, 0.15) is 0 Å². The van der Waals surface area contributed by atoms with Crippen molar-refractivity contribution in [1.82, 2.24) is 15.8 Å². The van der Waals surface area contributed by atoms with Crippen LogP contribution in [0.5, 0.6) is 0 Å². The Morgan fingerprint density at radius 1 is 1.08 bits per heavy atom. The number of fused-ring (bicyclic) bond motifs is 1. The maximum Gasteiger partial charge on any atom is 0.337 e. The molecule has 0 atom stereocenters. The topological polar surface area (TPSA) is 83.1 Å². The number of halogens is 1. The largest absolute Gasteiger partial charge is 0.337 e. The van der Waals surface area contributed by atoms with E-state index >= 15 is 0 Å². The molecule has 0 bridgehead atoms. The van der Waals surface area contributed by atoms with Crippen molar-refractivity contribution in [2.24, 2.45) is 0 Å². The Labute approximate surface area is 160 Å². The lowest BCUT2D eigenvalue weighted by atomic mass is 10.3. The van der Waals surface area contributed by atoms with Gasteiger partial charge in [-0.3, -0.25) is 10.2 Å². The van der Waals surface area contributed by atoms with Crippen molar-refractivity contribution < 1.29 is 9.59 Å². The van der Waals surface area contributed by atoms with E-state index in [-0.39, 0.29) is 11.7 Å². The molecular weight excluding hydrogens is 424 g/mol. The minimum Gasteiger partial charge on any atom is -0.307 e. The molecule has 6 nitrogen and oxygen atoms in total. The van der Waals surface area contributed by atoms with Crippen LogP contribution in [-0.2, 0) is 4.79 Å². The van der Waals surface area contributed by atoms with Crippen molar-refractivity contribution in [1.29, 1.82) is 0 Å². The molecule has 0 radical (unpaired) electrons. The van der Waals surface area contributed by atoms with E-state index in [0.29, 0.717) is 5.69 Å². The van der Waals surface area contributed by atoms with Crippen LogP contribution in [0.4, 0.5) is 10.5 Å². The van der Waals surface area contributed by atoms with Crippen molar-refractivity contribution in [3.63, 3.8) is 0 Å². The molecule has 25 heavy (non-hydrogen) atoms. The summed E-state index contributed by atoms with van der Waals surface area (Å²) < 4.78 is 2.81. The van der Waals surface area contributed by atoms with Crippen molar-refractivity contribution in [3.8, 4) is 0 Å². The lowest BCUT2D eigenvalue weighted by Gasteiger charge is -2.08. The van der Waals surface area contributed by atoms with Crippen LogP contribution in [0.3, 0.4) is 0 Å². The number of urea groups is 1. The number of carbonyl (C=O) groups excluding carboxylic acids is 2. The Morgan fingerprint density at radius 3 is 2.60 bits per heavy atom. The zero-order chi connectivity index (χ0) is 17.6. The van der Waals surface area contributed by atoms with Crippen LogP contribution >= 0.6 is 39.0 Å². The highest BCUT2D eigenvalue weighted by Crippen LogP contribution is 2.28. The van der Waals surface area contributed by atoms with Crippen molar-refractivity contribution >= 4 is 66.9 Å². The highest BCUT2D eigenvalue weighted by Gasteiger charge is 2.08. The summed E-state index contributed by atoms with van der Waals surface area (Å²) in [6, 6.07) is 14.4. The average Bonchev–Trinajstić information content (AvgIpc) is 3.03. The summed E-state index contributed by atoms with van der Waals surface area (Å²) in [6.07, 6.45) is 0. The number of aromatic nitrogens is 1. The van der Waals surface area contributed by atoms with E-state index in [1.807, 2.05) is 36.4 Å². The van der Waals surface area contributed by atoms with E-state index in [1.54, 1.807) is 12.1 Å². The minimum absolute atomic E-state index is 0.165. The van der Waals surface area contributed by atoms with Crippen molar-refractivity contribution in [2.75, 3.05) is 11.1 Å². The fraction of sp³-hybridized carbons (Fsp3) is 0.0625. The number of anilines is 1. The van der Waals surface area contributed by atoms with Crippen molar-refractivity contribution in [3.05, 3.63) is 53.0 Å². The molecule has 3 amide bonds. The van der Waals surface area contributed by atoms with Gasteiger partial charge in [0.25, 0.3) is 0 Å². The van der Waals surface area contributed by atoms with Gasteiger partial charge in [-0.05, 0) is 36.4 Å². The lowest BCUT2D eigenvalue weighted by Crippen LogP contribution is -2.44. The number of hydrazine groups is 1. The zero-order valence-electron chi connectivity index (χ0n) is 12.8. The number of benzene rings is 2. The SMILES string of the molecule is O=C(CSc1nc2ccccc2s1)NNC(=O)Nc1ccc(Br)cc1. The summed E-state index contributed by atoms with van der Waals surface area (Å²) in [4.78, 5) is 28.0. The van der Waals surface area contributed by atoms with Gasteiger partial charge in [0.15, 0.2) is 4.34 Å². The number of nitrogens with zero attached hydrogens (tertiary/aromatic N) is 1. The third-order valence-corrected chi connectivity index (χ3v) is 5.73. The Hall–Kier alpha value is -2.10. The molecule has 0 spiro atoms. The molecule has 0 fully saturated rings. The second-order valence-corrected chi connectivity index (χ2v) is 8.04. The van der Waals surface area contributed by atoms with E-state index in [2.05, 4.69) is 37.1 Å². The summed E-state index contributed by atoms with van der Waals surface area (Å²) in [5.41, 5.74) is 6.22. The summed E-state index contributed by atoms with van der Waals surface area (Å²) in [5.74, 6) is -0.145. The van der Waals surface area contributed by atoms with E-state index in [4.69, 9.17) is 0 Å². The fourth-order valence-corrected chi connectivity index (χ4v) is 4.03. The second-order valence-electron chi connectivity index (χ2n) is 4.87. The number of carbonyl (C=O) groups is 2. The predicted octanol–water partition coefficient (Wildman–Crippen LogP) is 4.00. The number of nitrogens with one attached hydrogen (secondary N) is 3. The molecule has 1 heterocycles. The minimum atomic E-state index is -0.513. The standard InChI is InChI=1S/C16H13BrN4O2S2/c17-10-5-7-11(8-6-10)18-15(23)21-20-14(22)9-24-16-19-12-3-1-2-4-13(12)25-16/h1-8H,9H2,(H,20,22)(H2,18,21,23). The maximum absolute atomic E-state index is 11.8. The fourth-order valence-electron chi connectivity index (χ4n) is 1.90. The number of para-hydroxylation sites is 1. The summed E-state index contributed by atoms with van der Waals surface area (Å²) in [7, 11) is 0. The van der Waals surface area contributed by atoms with Gasteiger partial charge in [-0.2, -0.15) is 0 Å². The van der Waals surface area contributed by atoms with Crippen molar-refractivity contribution in [2.45, 2.75) is 4.34 Å². The lowest BCUT2D eigenvalue weighted by molar-refractivity contribution is -0.119. The Kier molecular flexibility index (Phi) is 5.90. The molecule has 128 valence electrons. The molecule has 3 rings (SSSR count). The van der Waals surface area contributed by atoms with Gasteiger partial charge in [-0.15, -0.1) is 11.3 Å². The molecule has 0 saturated heterocycles. The number of thioether (sulfide) groups is 1. The van der Waals surface area contributed by atoms with Crippen LogP contribution in [0.2, 0.25) is 0 Å². The highest BCUT2D eigenvalue weighted by atomic mass is 79.9. The van der Waals surface area contributed by atoms with Gasteiger partial charge in [-0.1, -0.05) is 39.8 Å². The molecular formula is C16H13BrN4O2S2. The molecule has 3 N–H and O–H groups in total. The average molecular weight is 437 g/mol. The smallest absolute Gasteiger partial charge is 0.307 e. The maximum atomic E-state index is 11.8. The quantitative estimate of drug-likeness (QED) is 0.426. The molecule has 2 aromatic carbocycles. The van der Waals surface area contributed by atoms with Crippen LogP contribution in [0.1, 0.15) is 0 Å². The first-order valence-corrected chi connectivity index (χ1v) is 9.79. The van der Waals surface area contributed by atoms with Crippen LogP contribution in [0.25, 0.3) is 10.2 Å². The van der Waals surface area contributed by atoms with E-state index in [9.17, 15) is 9.59 Å². The Morgan fingerprint density at radius 2 is 1.84 bits per heavy atom. The van der Waals surface area contributed by atoms with Gasteiger partial charge in [-0.25, -0.2) is 15.2 Å². The van der Waals surface area contributed by atoms with Gasteiger partial charge in [0, 0.05) is 10.2 Å². The summed E-state index contributed by atoms with van der Waals surface area (Å²) >= 11 is 6.18. The van der Waals surface area contributed by atoms with Gasteiger partial charge >= 0.3 is 6.03 Å². The van der Waals surface area contributed by atoms with Gasteiger partial charge in [0.05, 0.1) is 16.0 Å². The highest BCUT2D eigenvalue weighted by molar-refractivity contribution is 9.10. The molecule has 0 aliphatic heterocycles. The first-order valence-electron chi connectivity index (χ1n) is 7.20.